The minimum atomic E-state index is -0.564. The summed E-state index contributed by atoms with van der Waals surface area (Å²) in [5, 5.41) is 13.5. The molecule has 1 fully saturated rings. The summed E-state index contributed by atoms with van der Waals surface area (Å²) in [5.74, 6) is -0.155. The fourth-order valence-electron chi connectivity index (χ4n) is 2.87. The number of hydrogen-bond donors (Lipinski definition) is 3. The molecule has 6 nitrogen and oxygen atoms in total. The monoisotopic (exact) mass is 273 g/mol. The van der Waals surface area contributed by atoms with Gasteiger partial charge in [-0.1, -0.05) is 0 Å². The lowest BCUT2D eigenvalue weighted by molar-refractivity contribution is 0.0126. The number of carbonyl (C=O) groups is 1. The Balaban J connectivity index is 1.61. The van der Waals surface area contributed by atoms with Crippen molar-refractivity contribution >= 4 is 16.8 Å². The zero-order chi connectivity index (χ0) is 13.7. The topological polar surface area (TPSA) is 87.2 Å². The van der Waals surface area contributed by atoms with Gasteiger partial charge >= 0.3 is 0 Å². The second-order valence-corrected chi connectivity index (χ2v) is 5.49. The van der Waals surface area contributed by atoms with E-state index in [1.807, 2.05) is 6.07 Å². The van der Waals surface area contributed by atoms with E-state index < -0.39 is 5.54 Å². The van der Waals surface area contributed by atoms with Gasteiger partial charge in [-0.15, -0.1) is 0 Å². The fraction of sp³-hybridized carbons (Fsp3) is 0.429. The third-order valence-electron chi connectivity index (χ3n) is 4.24. The lowest BCUT2D eigenvalue weighted by atomic mass is 9.90. The molecule has 1 aromatic rings. The first kappa shape index (κ1) is 11.9. The molecule has 20 heavy (non-hydrogen) atoms. The minimum absolute atomic E-state index is 0.0670. The molecule has 0 radical (unpaired) electrons. The third-order valence-corrected chi connectivity index (χ3v) is 4.24. The second-order valence-electron chi connectivity index (χ2n) is 5.49. The summed E-state index contributed by atoms with van der Waals surface area (Å²) in [5.41, 5.74) is 2.90. The molecule has 1 aliphatic carbocycles. The highest BCUT2D eigenvalue weighted by Gasteiger charge is 2.35. The number of H-pyrrole nitrogens is 1. The summed E-state index contributed by atoms with van der Waals surface area (Å²) in [7, 11) is 0. The van der Waals surface area contributed by atoms with Gasteiger partial charge in [-0.2, -0.15) is 0 Å². The molecule has 0 aromatic carbocycles. The molecule has 6 heteroatoms. The van der Waals surface area contributed by atoms with Crippen LogP contribution >= 0.6 is 0 Å². The van der Waals surface area contributed by atoms with Gasteiger partial charge in [0.1, 0.15) is 5.69 Å². The Morgan fingerprint density at radius 2 is 2.30 bits per heavy atom. The largest absolute Gasteiger partial charge is 0.394 e. The van der Waals surface area contributed by atoms with E-state index in [1.165, 1.54) is 0 Å². The molecule has 0 bridgehead atoms. The van der Waals surface area contributed by atoms with Crippen LogP contribution in [0.15, 0.2) is 12.3 Å². The predicted molar refractivity (Wildman–Crippen MR) is 72.4 cm³/mol. The summed E-state index contributed by atoms with van der Waals surface area (Å²) in [6.45, 7) is 1.06. The molecule has 1 saturated heterocycles. The number of fused-ring (bicyclic) bond motifs is 3. The first-order chi connectivity index (χ1) is 9.72. The number of nitrogens with one attached hydrogen (secondary N) is 2. The summed E-state index contributed by atoms with van der Waals surface area (Å²) in [4.78, 5) is 19.7. The average molecular weight is 273 g/mol. The molecular formula is C14H15N3O3. The van der Waals surface area contributed by atoms with Crippen LogP contribution < -0.4 is 5.32 Å². The van der Waals surface area contributed by atoms with Gasteiger partial charge < -0.3 is 20.1 Å². The number of aliphatic hydroxyl groups excluding tert-OH is 1. The summed E-state index contributed by atoms with van der Waals surface area (Å²) in [6.07, 6.45) is 2.98. The maximum absolute atomic E-state index is 12.5. The van der Waals surface area contributed by atoms with Gasteiger partial charge in [0.05, 0.1) is 28.9 Å². The second kappa shape index (κ2) is 4.04. The van der Waals surface area contributed by atoms with E-state index in [2.05, 4.69) is 15.3 Å². The van der Waals surface area contributed by atoms with Crippen molar-refractivity contribution in [3.05, 3.63) is 17.8 Å². The molecule has 3 heterocycles. The van der Waals surface area contributed by atoms with Crippen LogP contribution in [0, 0.1) is 0 Å². The van der Waals surface area contributed by atoms with Crippen LogP contribution in [0.3, 0.4) is 0 Å². The molecule has 1 amide bonds. The third kappa shape index (κ3) is 1.65. The minimum Gasteiger partial charge on any atom is -0.394 e. The van der Waals surface area contributed by atoms with Crippen LogP contribution in [0.4, 0.5) is 0 Å². The van der Waals surface area contributed by atoms with E-state index in [1.54, 1.807) is 6.20 Å². The highest BCUT2D eigenvalue weighted by molar-refractivity contribution is 6.13. The number of aliphatic hydroxyl groups is 1. The van der Waals surface area contributed by atoms with Crippen molar-refractivity contribution in [1.82, 2.24) is 15.3 Å². The molecule has 104 valence electrons. The van der Waals surface area contributed by atoms with Crippen molar-refractivity contribution in [2.75, 3.05) is 19.8 Å². The number of pyridine rings is 1. The number of nitrogens with zero attached hydrogens (tertiary/aromatic N) is 1. The Labute approximate surface area is 115 Å². The molecule has 0 atom stereocenters. The molecule has 0 saturated carbocycles. The Morgan fingerprint density at radius 3 is 3.05 bits per heavy atom. The smallest absolute Gasteiger partial charge is 0.253 e. The molecule has 3 aliphatic rings. The van der Waals surface area contributed by atoms with Gasteiger partial charge in [0, 0.05) is 24.8 Å². The van der Waals surface area contributed by atoms with Crippen molar-refractivity contribution in [2.45, 2.75) is 18.4 Å². The summed E-state index contributed by atoms with van der Waals surface area (Å²) < 4.78 is 5.30. The van der Waals surface area contributed by atoms with Crippen LogP contribution in [0.1, 0.15) is 23.2 Å². The first-order valence-corrected chi connectivity index (χ1v) is 6.76. The molecule has 1 aromatic heterocycles. The predicted octanol–water partition coefficient (Wildman–Crippen LogP) is 0.815. The Kier molecular flexibility index (Phi) is 2.40. The van der Waals surface area contributed by atoms with E-state index in [0.29, 0.717) is 31.6 Å². The van der Waals surface area contributed by atoms with E-state index in [9.17, 15) is 9.90 Å². The molecule has 0 spiro atoms. The van der Waals surface area contributed by atoms with Crippen molar-refractivity contribution in [2.24, 2.45) is 0 Å². The Morgan fingerprint density at radius 1 is 1.50 bits per heavy atom. The highest BCUT2D eigenvalue weighted by Crippen LogP contribution is 2.39. The number of carbonyl (C=O) groups excluding carboxylic acids is 1. The number of hydrogen-bond acceptors (Lipinski definition) is 4. The first-order valence-electron chi connectivity index (χ1n) is 6.76. The molecule has 4 rings (SSSR count). The SMILES string of the molecule is O=C(NC1(CO)CCOCC1)c1c[nH]c2c3nc-3cc12. The van der Waals surface area contributed by atoms with Gasteiger partial charge in [0.2, 0.25) is 0 Å². The van der Waals surface area contributed by atoms with E-state index in [4.69, 9.17) is 4.74 Å². The zero-order valence-electron chi connectivity index (χ0n) is 10.9. The van der Waals surface area contributed by atoms with E-state index >= 15 is 0 Å². The quantitative estimate of drug-likeness (QED) is 0.659. The maximum atomic E-state index is 12.5. The normalized spacial score (nSPS) is 19.1. The van der Waals surface area contributed by atoms with Crippen LogP contribution in [-0.4, -0.2) is 46.3 Å². The van der Waals surface area contributed by atoms with Crippen LogP contribution in [0.2, 0.25) is 0 Å². The van der Waals surface area contributed by atoms with Crippen molar-refractivity contribution in [3.63, 3.8) is 0 Å². The van der Waals surface area contributed by atoms with Gasteiger partial charge in [-0.25, -0.2) is 4.98 Å². The Hall–Kier alpha value is -1.92. The van der Waals surface area contributed by atoms with Crippen molar-refractivity contribution < 1.29 is 14.6 Å². The van der Waals surface area contributed by atoms with Crippen molar-refractivity contribution in [3.8, 4) is 11.4 Å². The van der Waals surface area contributed by atoms with Crippen molar-refractivity contribution in [1.29, 1.82) is 0 Å². The number of aromatic amines is 1. The van der Waals surface area contributed by atoms with Gasteiger partial charge in [0.15, 0.2) is 0 Å². The van der Waals surface area contributed by atoms with E-state index in [-0.39, 0.29) is 12.5 Å². The van der Waals surface area contributed by atoms with Crippen LogP contribution in [-0.2, 0) is 4.74 Å². The number of amides is 1. The molecule has 2 aliphatic heterocycles. The lowest BCUT2D eigenvalue weighted by Crippen LogP contribution is -2.54. The number of aromatic nitrogens is 2. The fourth-order valence-corrected chi connectivity index (χ4v) is 2.87. The van der Waals surface area contributed by atoms with E-state index in [0.717, 1.165) is 22.3 Å². The molecule has 0 unspecified atom stereocenters. The van der Waals surface area contributed by atoms with Gasteiger partial charge in [-0.05, 0) is 18.9 Å². The summed E-state index contributed by atoms with van der Waals surface area (Å²) in [6, 6.07) is 1.92. The lowest BCUT2D eigenvalue weighted by Gasteiger charge is -2.36. The number of ether oxygens (including phenoxy) is 1. The standard InChI is InChI=1S/C14H15N3O3/c18-7-14(1-3-20-4-2-14)17-13(19)9-6-15-11-8(9)5-10-12(11)16-10/h5-6,15,18H,1-4,7H2,(H,17,19). The van der Waals surface area contributed by atoms with Crippen LogP contribution in [0.25, 0.3) is 22.3 Å². The molecule has 3 N–H and O–H groups in total. The highest BCUT2D eigenvalue weighted by atomic mass is 16.5. The van der Waals surface area contributed by atoms with Gasteiger partial charge in [0.25, 0.3) is 5.91 Å². The average Bonchev–Trinajstić information content (AvgIpc) is 2.95. The maximum Gasteiger partial charge on any atom is 0.253 e. The molecular weight excluding hydrogens is 258 g/mol. The van der Waals surface area contributed by atoms with Crippen LogP contribution in [0.5, 0.6) is 0 Å². The zero-order valence-corrected chi connectivity index (χ0v) is 10.9. The van der Waals surface area contributed by atoms with Gasteiger partial charge in [-0.3, -0.25) is 4.79 Å². The Bertz CT molecular complexity index is 701. The number of rotatable bonds is 3. The summed E-state index contributed by atoms with van der Waals surface area (Å²) >= 11 is 0.